The van der Waals surface area contributed by atoms with Gasteiger partial charge in [-0.05, 0) is 29.9 Å². The molecule has 1 amide bonds. The summed E-state index contributed by atoms with van der Waals surface area (Å²) in [5, 5.41) is 10.2. The van der Waals surface area contributed by atoms with Crippen molar-refractivity contribution < 1.29 is 4.79 Å². The maximum Gasteiger partial charge on any atom is 0.222 e. The van der Waals surface area contributed by atoms with E-state index in [1.807, 2.05) is 29.9 Å². The van der Waals surface area contributed by atoms with Crippen molar-refractivity contribution >= 4 is 28.6 Å². The Hall–Kier alpha value is -1.17. The topological polar surface area (TPSA) is 41.1 Å². The highest BCUT2D eigenvalue weighted by atomic mass is 32.1. The average molecular weight is 280 g/mol. The largest absolute Gasteiger partial charge is 0.344 e. The number of thiophene rings is 2. The monoisotopic (exact) mass is 280 g/mol. The molecule has 3 nitrogen and oxygen atoms in total. The zero-order valence-electron chi connectivity index (χ0n) is 10.2. The Labute approximate surface area is 115 Å². The van der Waals surface area contributed by atoms with Gasteiger partial charge in [0, 0.05) is 22.7 Å². The standard InChI is InChI=1S/C13H16N2OS2/c1-14-7-6-12(16)15-13(10-4-2-8-17-10)11-5-3-9-18-11/h2-5,8-9,13-14H,6-7H2,1H3,(H,15,16). The lowest BCUT2D eigenvalue weighted by atomic mass is 10.2. The van der Waals surface area contributed by atoms with Gasteiger partial charge < -0.3 is 10.6 Å². The third kappa shape index (κ3) is 3.41. The number of hydrogen-bond donors (Lipinski definition) is 2. The molecule has 2 aromatic rings. The number of hydrogen-bond acceptors (Lipinski definition) is 4. The Kier molecular flexibility index (Phi) is 4.92. The molecule has 0 saturated carbocycles. The van der Waals surface area contributed by atoms with Gasteiger partial charge in [0.2, 0.25) is 5.91 Å². The van der Waals surface area contributed by atoms with Crippen LogP contribution in [-0.2, 0) is 4.79 Å². The van der Waals surface area contributed by atoms with Crippen molar-refractivity contribution in [1.82, 2.24) is 10.6 Å². The molecule has 0 aliphatic carbocycles. The van der Waals surface area contributed by atoms with Crippen LogP contribution >= 0.6 is 22.7 Å². The fraction of sp³-hybridized carbons (Fsp3) is 0.308. The number of nitrogens with one attached hydrogen (secondary N) is 2. The van der Waals surface area contributed by atoms with Crippen LogP contribution in [0.2, 0.25) is 0 Å². The average Bonchev–Trinajstić information content (AvgIpc) is 3.05. The molecule has 0 fully saturated rings. The minimum Gasteiger partial charge on any atom is -0.344 e. The second kappa shape index (κ2) is 6.68. The highest BCUT2D eigenvalue weighted by Gasteiger charge is 2.18. The third-order valence-corrected chi connectivity index (χ3v) is 4.44. The van der Waals surface area contributed by atoms with Gasteiger partial charge in [0.15, 0.2) is 0 Å². The molecule has 0 aliphatic heterocycles. The van der Waals surface area contributed by atoms with E-state index < -0.39 is 0 Å². The van der Waals surface area contributed by atoms with Crippen molar-refractivity contribution in [3.05, 3.63) is 44.8 Å². The number of rotatable bonds is 6. The normalized spacial score (nSPS) is 10.8. The molecule has 0 atom stereocenters. The summed E-state index contributed by atoms with van der Waals surface area (Å²) in [5.74, 6) is 0.0798. The van der Waals surface area contributed by atoms with Crippen LogP contribution in [0, 0.1) is 0 Å². The van der Waals surface area contributed by atoms with E-state index in [9.17, 15) is 4.79 Å². The molecule has 0 aliphatic rings. The van der Waals surface area contributed by atoms with E-state index >= 15 is 0 Å². The first-order chi connectivity index (χ1) is 8.81. The summed E-state index contributed by atoms with van der Waals surface area (Å²) >= 11 is 3.34. The highest BCUT2D eigenvalue weighted by molar-refractivity contribution is 7.11. The molecule has 0 saturated heterocycles. The number of carbonyl (C=O) groups is 1. The summed E-state index contributed by atoms with van der Waals surface area (Å²) in [7, 11) is 1.85. The molecule has 2 heterocycles. The molecule has 0 radical (unpaired) electrons. The lowest BCUT2D eigenvalue weighted by molar-refractivity contribution is -0.121. The summed E-state index contributed by atoms with van der Waals surface area (Å²) in [6.07, 6.45) is 0.504. The predicted molar refractivity (Wildman–Crippen MR) is 77.2 cm³/mol. The van der Waals surface area contributed by atoms with E-state index in [1.165, 1.54) is 9.75 Å². The third-order valence-electron chi connectivity index (χ3n) is 2.56. The molecule has 2 aromatic heterocycles. The Morgan fingerprint density at radius 1 is 1.22 bits per heavy atom. The molecule has 0 spiro atoms. The minimum absolute atomic E-state index is 0.00523. The van der Waals surface area contributed by atoms with Crippen LogP contribution in [0.15, 0.2) is 35.0 Å². The van der Waals surface area contributed by atoms with Gasteiger partial charge in [0.05, 0.1) is 6.04 Å². The van der Waals surface area contributed by atoms with Crippen LogP contribution in [0.3, 0.4) is 0 Å². The van der Waals surface area contributed by atoms with Crippen molar-refractivity contribution in [3.63, 3.8) is 0 Å². The van der Waals surface area contributed by atoms with Crippen molar-refractivity contribution in [2.24, 2.45) is 0 Å². The van der Waals surface area contributed by atoms with Gasteiger partial charge in [-0.25, -0.2) is 0 Å². The van der Waals surface area contributed by atoms with Gasteiger partial charge in [-0.2, -0.15) is 0 Å². The Balaban J connectivity index is 2.09. The van der Waals surface area contributed by atoms with Crippen molar-refractivity contribution in [2.45, 2.75) is 12.5 Å². The zero-order chi connectivity index (χ0) is 12.8. The van der Waals surface area contributed by atoms with E-state index in [1.54, 1.807) is 22.7 Å². The molecular weight excluding hydrogens is 264 g/mol. The van der Waals surface area contributed by atoms with Crippen LogP contribution in [0.1, 0.15) is 22.2 Å². The Morgan fingerprint density at radius 3 is 2.28 bits per heavy atom. The quantitative estimate of drug-likeness (QED) is 0.854. The van der Waals surface area contributed by atoms with Crippen LogP contribution < -0.4 is 10.6 Å². The van der Waals surface area contributed by atoms with E-state index in [2.05, 4.69) is 22.8 Å². The fourth-order valence-electron chi connectivity index (χ4n) is 1.67. The lowest BCUT2D eigenvalue weighted by Crippen LogP contribution is -2.30. The maximum absolute atomic E-state index is 11.9. The predicted octanol–water partition coefficient (Wildman–Crippen LogP) is 2.62. The maximum atomic E-state index is 11.9. The fourth-order valence-corrected chi connectivity index (χ4v) is 3.33. The second-order valence-electron chi connectivity index (χ2n) is 3.88. The Bertz CT molecular complexity index is 431. The van der Waals surface area contributed by atoms with E-state index in [4.69, 9.17) is 0 Å². The highest BCUT2D eigenvalue weighted by Crippen LogP contribution is 2.29. The van der Waals surface area contributed by atoms with E-state index in [-0.39, 0.29) is 11.9 Å². The number of carbonyl (C=O) groups excluding carboxylic acids is 1. The van der Waals surface area contributed by atoms with Crippen molar-refractivity contribution in [3.8, 4) is 0 Å². The molecule has 2 rings (SSSR count). The van der Waals surface area contributed by atoms with Crippen LogP contribution in [0.5, 0.6) is 0 Å². The van der Waals surface area contributed by atoms with Crippen LogP contribution in [0.4, 0.5) is 0 Å². The molecular formula is C13H16N2OS2. The van der Waals surface area contributed by atoms with Crippen LogP contribution in [-0.4, -0.2) is 19.5 Å². The summed E-state index contributed by atoms with van der Waals surface area (Å²) < 4.78 is 0. The summed E-state index contributed by atoms with van der Waals surface area (Å²) in [6, 6.07) is 8.15. The first kappa shape index (κ1) is 13.3. The summed E-state index contributed by atoms with van der Waals surface area (Å²) in [4.78, 5) is 14.2. The number of amides is 1. The Morgan fingerprint density at radius 2 is 1.83 bits per heavy atom. The van der Waals surface area contributed by atoms with Gasteiger partial charge in [-0.3, -0.25) is 4.79 Å². The van der Waals surface area contributed by atoms with Gasteiger partial charge in [-0.15, -0.1) is 22.7 Å². The molecule has 0 aromatic carbocycles. The van der Waals surface area contributed by atoms with Gasteiger partial charge >= 0.3 is 0 Å². The van der Waals surface area contributed by atoms with Crippen LogP contribution in [0.25, 0.3) is 0 Å². The molecule has 5 heteroatoms. The van der Waals surface area contributed by atoms with E-state index in [0.29, 0.717) is 13.0 Å². The SMILES string of the molecule is CNCCC(=O)NC(c1cccs1)c1cccs1. The summed E-state index contributed by atoms with van der Waals surface area (Å²) in [5.41, 5.74) is 0. The zero-order valence-corrected chi connectivity index (χ0v) is 11.8. The first-order valence-electron chi connectivity index (χ1n) is 5.82. The molecule has 18 heavy (non-hydrogen) atoms. The first-order valence-corrected chi connectivity index (χ1v) is 7.58. The smallest absolute Gasteiger partial charge is 0.222 e. The van der Waals surface area contributed by atoms with Crippen molar-refractivity contribution in [2.75, 3.05) is 13.6 Å². The van der Waals surface area contributed by atoms with Gasteiger partial charge in [0.1, 0.15) is 0 Å². The van der Waals surface area contributed by atoms with Crippen molar-refractivity contribution in [1.29, 1.82) is 0 Å². The van der Waals surface area contributed by atoms with Gasteiger partial charge in [-0.1, -0.05) is 12.1 Å². The van der Waals surface area contributed by atoms with Gasteiger partial charge in [0.25, 0.3) is 0 Å². The molecule has 0 unspecified atom stereocenters. The molecule has 2 N–H and O–H groups in total. The molecule has 96 valence electrons. The lowest BCUT2D eigenvalue weighted by Gasteiger charge is -2.16. The molecule has 0 bridgehead atoms. The second-order valence-corrected chi connectivity index (χ2v) is 5.84. The summed E-state index contributed by atoms with van der Waals surface area (Å²) in [6.45, 7) is 0.702. The minimum atomic E-state index is -0.00523. The van der Waals surface area contributed by atoms with E-state index in [0.717, 1.165) is 0 Å².